The molecule has 0 aliphatic heterocycles. The van der Waals surface area contributed by atoms with Crippen molar-refractivity contribution in [3.8, 4) is 0 Å². The Labute approximate surface area is 155 Å². The number of H-pyrrole nitrogens is 1. The third-order valence-electron chi connectivity index (χ3n) is 4.81. The first-order chi connectivity index (χ1) is 12.5. The number of aromatic nitrogens is 1. The number of aromatic amines is 1. The Balaban J connectivity index is 1.49. The molecule has 0 saturated carbocycles. The van der Waals surface area contributed by atoms with Gasteiger partial charge in [-0.25, -0.2) is 0 Å². The number of aryl methyl sites for hydroxylation is 1. The zero-order valence-corrected chi connectivity index (χ0v) is 15.8. The molecule has 0 bridgehead atoms. The molecule has 4 heteroatoms. The average molecular weight is 349 g/mol. The summed E-state index contributed by atoms with van der Waals surface area (Å²) in [5, 5.41) is 1.26. The lowest BCUT2D eigenvalue weighted by Gasteiger charge is -2.18. The van der Waals surface area contributed by atoms with E-state index in [-0.39, 0.29) is 5.91 Å². The van der Waals surface area contributed by atoms with Crippen LogP contribution in [0, 0.1) is 0 Å². The number of nitrogens with zero attached hydrogens (tertiary/aromatic N) is 2. The number of benzene rings is 2. The van der Waals surface area contributed by atoms with Crippen LogP contribution in [0.5, 0.6) is 0 Å². The molecule has 0 aliphatic carbocycles. The molecule has 1 amide bonds. The zero-order valence-electron chi connectivity index (χ0n) is 15.8. The summed E-state index contributed by atoms with van der Waals surface area (Å²) in [7, 11) is 5.94. The van der Waals surface area contributed by atoms with Crippen LogP contribution in [0.4, 0.5) is 5.69 Å². The van der Waals surface area contributed by atoms with Crippen molar-refractivity contribution in [3.05, 3.63) is 65.9 Å². The van der Waals surface area contributed by atoms with E-state index >= 15 is 0 Å². The molecular weight excluding hydrogens is 322 g/mol. The van der Waals surface area contributed by atoms with E-state index in [0.717, 1.165) is 23.9 Å². The van der Waals surface area contributed by atoms with Crippen molar-refractivity contribution in [2.45, 2.75) is 25.8 Å². The lowest BCUT2D eigenvalue weighted by molar-refractivity contribution is -0.130. The number of hydrogen-bond donors (Lipinski definition) is 1. The molecule has 0 radical (unpaired) electrons. The predicted molar refractivity (Wildman–Crippen MR) is 108 cm³/mol. The highest BCUT2D eigenvalue weighted by molar-refractivity contribution is 5.83. The number of fused-ring (bicyclic) bond motifs is 1. The molecule has 1 N–H and O–H groups in total. The van der Waals surface area contributed by atoms with Crippen molar-refractivity contribution in [2.75, 3.05) is 26.0 Å². The van der Waals surface area contributed by atoms with Gasteiger partial charge < -0.3 is 14.8 Å². The van der Waals surface area contributed by atoms with Crippen molar-refractivity contribution >= 4 is 22.5 Å². The smallest absolute Gasteiger partial charge is 0.222 e. The summed E-state index contributed by atoms with van der Waals surface area (Å²) in [5.74, 6) is 0.196. The topological polar surface area (TPSA) is 39.3 Å². The molecule has 2 aromatic carbocycles. The van der Waals surface area contributed by atoms with E-state index in [1.165, 1.54) is 16.6 Å². The van der Waals surface area contributed by atoms with Crippen LogP contribution >= 0.6 is 0 Å². The first kappa shape index (κ1) is 18.1. The summed E-state index contributed by atoms with van der Waals surface area (Å²) >= 11 is 0. The lowest BCUT2D eigenvalue weighted by Crippen LogP contribution is -2.26. The van der Waals surface area contributed by atoms with E-state index in [9.17, 15) is 4.79 Å². The number of carbonyl (C=O) groups excluding carboxylic acids is 1. The van der Waals surface area contributed by atoms with E-state index in [0.29, 0.717) is 13.0 Å². The van der Waals surface area contributed by atoms with Gasteiger partial charge in [0.25, 0.3) is 0 Å². The fourth-order valence-electron chi connectivity index (χ4n) is 3.22. The Kier molecular flexibility index (Phi) is 5.61. The van der Waals surface area contributed by atoms with Gasteiger partial charge in [0.15, 0.2) is 0 Å². The molecule has 1 aromatic heterocycles. The Morgan fingerprint density at radius 3 is 2.46 bits per heavy atom. The molecule has 3 aromatic rings. The molecule has 0 spiro atoms. The summed E-state index contributed by atoms with van der Waals surface area (Å²) in [4.78, 5) is 19.6. The Morgan fingerprint density at radius 2 is 1.73 bits per heavy atom. The molecular formula is C22H27N3O. The Morgan fingerprint density at radius 1 is 1.00 bits per heavy atom. The second-order valence-corrected chi connectivity index (χ2v) is 7.02. The van der Waals surface area contributed by atoms with Crippen molar-refractivity contribution in [3.63, 3.8) is 0 Å². The fraction of sp³-hybridized carbons (Fsp3) is 0.318. The van der Waals surface area contributed by atoms with Gasteiger partial charge >= 0.3 is 0 Å². The molecule has 136 valence electrons. The van der Waals surface area contributed by atoms with Crippen LogP contribution < -0.4 is 4.90 Å². The lowest BCUT2D eigenvalue weighted by atomic mass is 10.1. The van der Waals surface area contributed by atoms with Crippen LogP contribution in [0.15, 0.2) is 54.7 Å². The Hall–Kier alpha value is -2.75. The molecule has 26 heavy (non-hydrogen) atoms. The molecule has 4 nitrogen and oxygen atoms in total. The second kappa shape index (κ2) is 8.09. The highest BCUT2D eigenvalue weighted by atomic mass is 16.2. The monoisotopic (exact) mass is 349 g/mol. The molecule has 1 heterocycles. The summed E-state index contributed by atoms with van der Waals surface area (Å²) in [6.07, 6.45) is 4.42. The van der Waals surface area contributed by atoms with E-state index in [4.69, 9.17) is 0 Å². The largest absolute Gasteiger partial charge is 0.378 e. The van der Waals surface area contributed by atoms with Gasteiger partial charge in [0.2, 0.25) is 5.91 Å². The van der Waals surface area contributed by atoms with Gasteiger partial charge in [0, 0.05) is 56.9 Å². The predicted octanol–water partition coefficient (Wildman–Crippen LogP) is 4.22. The summed E-state index contributed by atoms with van der Waals surface area (Å²) in [6, 6.07) is 16.7. The number of nitrogens with one attached hydrogen (secondary N) is 1. The van der Waals surface area contributed by atoms with Crippen LogP contribution in [0.3, 0.4) is 0 Å². The maximum Gasteiger partial charge on any atom is 0.222 e. The van der Waals surface area contributed by atoms with Crippen molar-refractivity contribution in [1.29, 1.82) is 0 Å². The van der Waals surface area contributed by atoms with Crippen molar-refractivity contribution < 1.29 is 4.79 Å². The highest BCUT2D eigenvalue weighted by Gasteiger charge is 2.10. The maximum absolute atomic E-state index is 12.4. The minimum atomic E-state index is 0.196. The molecule has 3 rings (SSSR count). The molecule has 0 fully saturated rings. The summed E-state index contributed by atoms with van der Waals surface area (Å²) in [6.45, 7) is 0.652. The molecule has 0 unspecified atom stereocenters. The van der Waals surface area contributed by atoms with Gasteiger partial charge in [-0.1, -0.05) is 30.3 Å². The van der Waals surface area contributed by atoms with Crippen LogP contribution in [0.2, 0.25) is 0 Å². The number of anilines is 1. The standard InChI is InChI=1S/C22H27N3O/c1-24(2)19-13-11-17(12-14-19)16-25(3)22(26)10-6-7-18-15-23-21-9-5-4-8-20(18)21/h4-5,8-9,11-15,23H,6-7,10,16H2,1-3H3. The summed E-state index contributed by atoms with van der Waals surface area (Å²) < 4.78 is 0. The van der Waals surface area contributed by atoms with Crippen LogP contribution in [0.1, 0.15) is 24.0 Å². The number of para-hydroxylation sites is 1. The van der Waals surface area contributed by atoms with Crippen LogP contribution in [-0.2, 0) is 17.8 Å². The van der Waals surface area contributed by atoms with E-state index < -0.39 is 0 Å². The molecule has 0 aliphatic rings. The molecule has 0 saturated heterocycles. The van der Waals surface area contributed by atoms with E-state index in [2.05, 4.69) is 58.5 Å². The molecule has 0 atom stereocenters. The SMILES string of the molecule is CN(Cc1ccc(N(C)C)cc1)C(=O)CCCc1c[nH]c2ccccc12. The van der Waals surface area contributed by atoms with Crippen molar-refractivity contribution in [2.24, 2.45) is 0 Å². The third kappa shape index (κ3) is 4.26. The Bertz CT molecular complexity index is 864. The second-order valence-electron chi connectivity index (χ2n) is 7.02. The van der Waals surface area contributed by atoms with Crippen molar-refractivity contribution in [1.82, 2.24) is 9.88 Å². The fourth-order valence-corrected chi connectivity index (χ4v) is 3.22. The average Bonchev–Trinajstić information content (AvgIpc) is 3.05. The minimum Gasteiger partial charge on any atom is -0.378 e. The van der Waals surface area contributed by atoms with E-state index in [1.54, 1.807) is 0 Å². The maximum atomic E-state index is 12.4. The van der Waals surface area contributed by atoms with Gasteiger partial charge in [-0.2, -0.15) is 0 Å². The first-order valence-corrected chi connectivity index (χ1v) is 9.10. The van der Waals surface area contributed by atoms with Gasteiger partial charge in [-0.15, -0.1) is 0 Å². The number of amides is 1. The number of carbonyl (C=O) groups is 1. The normalized spacial score (nSPS) is 10.9. The first-order valence-electron chi connectivity index (χ1n) is 9.10. The number of rotatable bonds is 7. The minimum absolute atomic E-state index is 0.196. The number of hydrogen-bond acceptors (Lipinski definition) is 2. The zero-order chi connectivity index (χ0) is 18.5. The van der Waals surface area contributed by atoms with Gasteiger partial charge in [-0.05, 0) is 42.2 Å². The van der Waals surface area contributed by atoms with Gasteiger partial charge in [0.05, 0.1) is 0 Å². The van der Waals surface area contributed by atoms with E-state index in [1.807, 2.05) is 32.1 Å². The highest BCUT2D eigenvalue weighted by Crippen LogP contribution is 2.20. The quantitative estimate of drug-likeness (QED) is 0.694. The van der Waals surface area contributed by atoms with Gasteiger partial charge in [0.1, 0.15) is 0 Å². The van der Waals surface area contributed by atoms with Gasteiger partial charge in [-0.3, -0.25) is 4.79 Å². The third-order valence-corrected chi connectivity index (χ3v) is 4.81. The van der Waals surface area contributed by atoms with Crippen LogP contribution in [0.25, 0.3) is 10.9 Å². The van der Waals surface area contributed by atoms with Crippen LogP contribution in [-0.4, -0.2) is 36.9 Å². The summed E-state index contributed by atoms with van der Waals surface area (Å²) in [5.41, 5.74) is 4.77.